The summed E-state index contributed by atoms with van der Waals surface area (Å²) in [5.41, 5.74) is 5.43. The number of aliphatic hydroxyl groups excluding tert-OH is 2. The van der Waals surface area contributed by atoms with Crippen LogP contribution in [0.25, 0.3) is 0 Å². The first-order valence-corrected chi connectivity index (χ1v) is 4.32. The van der Waals surface area contributed by atoms with E-state index >= 15 is 0 Å². The van der Waals surface area contributed by atoms with Crippen molar-refractivity contribution in [2.24, 2.45) is 5.73 Å². The quantitative estimate of drug-likeness (QED) is 0.387. The van der Waals surface area contributed by atoms with Gasteiger partial charge in [0.15, 0.2) is 0 Å². The summed E-state index contributed by atoms with van der Waals surface area (Å²) in [6.45, 7) is 3.41. The zero-order chi connectivity index (χ0) is 11.1. The lowest BCUT2D eigenvalue weighted by Gasteiger charge is -2.18. The highest BCUT2D eigenvalue weighted by molar-refractivity contribution is 5.69. The molecule has 0 heterocycles. The highest BCUT2D eigenvalue weighted by Crippen LogP contribution is 2.06. The van der Waals surface area contributed by atoms with Crippen LogP contribution in [0.3, 0.4) is 0 Å². The second-order valence-corrected chi connectivity index (χ2v) is 3.05. The average Bonchev–Trinajstić information content (AvgIpc) is 2.15. The maximum Gasteiger partial charge on any atom is 0.308 e. The molecule has 0 fully saturated rings. The minimum Gasteiger partial charge on any atom is -0.469 e. The molecule has 5 heteroatoms. The van der Waals surface area contributed by atoms with Gasteiger partial charge in [0.05, 0.1) is 25.7 Å². The van der Waals surface area contributed by atoms with Crippen LogP contribution in [-0.2, 0) is 9.53 Å². The molecule has 0 amide bonds. The molecule has 0 unspecified atom stereocenters. The molecule has 0 aromatic carbocycles. The largest absolute Gasteiger partial charge is 0.469 e. The normalized spacial score (nSPS) is 16.9. The Hall–Kier alpha value is -0.910. The third-order valence-electron chi connectivity index (χ3n) is 1.86. The van der Waals surface area contributed by atoms with Crippen LogP contribution < -0.4 is 5.73 Å². The van der Waals surface area contributed by atoms with Gasteiger partial charge in [0.25, 0.3) is 0 Å². The third-order valence-corrected chi connectivity index (χ3v) is 1.86. The molecule has 0 saturated heterocycles. The lowest BCUT2D eigenvalue weighted by molar-refractivity contribution is -0.143. The number of hydrogen-bond acceptors (Lipinski definition) is 5. The van der Waals surface area contributed by atoms with Crippen molar-refractivity contribution in [1.29, 1.82) is 0 Å². The first-order valence-electron chi connectivity index (χ1n) is 4.32. The van der Waals surface area contributed by atoms with Crippen LogP contribution in [0.1, 0.15) is 12.8 Å². The smallest absolute Gasteiger partial charge is 0.308 e. The maximum atomic E-state index is 10.7. The zero-order valence-corrected chi connectivity index (χ0v) is 8.22. The first kappa shape index (κ1) is 13.1. The molecule has 0 aliphatic rings. The number of carbonyl (C=O) groups is 1. The van der Waals surface area contributed by atoms with E-state index in [4.69, 9.17) is 5.73 Å². The standard InChI is InChI=1S/C9H17NO4/c1-3-7(10)8(12)4-6(11)5-9(13)14-2/h3,6-8,11-12H,1,4-5,10H2,2H3/t6-,7-,8-/m0/s1. The molecule has 0 spiro atoms. The predicted molar refractivity (Wildman–Crippen MR) is 51.4 cm³/mol. The number of aliphatic hydroxyl groups is 2. The zero-order valence-electron chi connectivity index (χ0n) is 8.22. The molecular formula is C9H17NO4. The molecule has 0 bridgehead atoms. The van der Waals surface area contributed by atoms with Gasteiger partial charge in [-0.15, -0.1) is 6.58 Å². The summed E-state index contributed by atoms with van der Waals surface area (Å²) < 4.78 is 4.36. The number of hydrogen-bond donors (Lipinski definition) is 3. The van der Waals surface area contributed by atoms with Gasteiger partial charge in [-0.3, -0.25) is 4.79 Å². The van der Waals surface area contributed by atoms with Gasteiger partial charge in [-0.25, -0.2) is 0 Å². The van der Waals surface area contributed by atoms with Gasteiger partial charge in [-0.2, -0.15) is 0 Å². The Bertz CT molecular complexity index is 195. The molecule has 0 aromatic rings. The first-order chi connectivity index (χ1) is 6.51. The Morgan fingerprint density at radius 2 is 2.21 bits per heavy atom. The minimum absolute atomic E-state index is 0.0300. The van der Waals surface area contributed by atoms with Crippen LogP contribution in [0.15, 0.2) is 12.7 Å². The van der Waals surface area contributed by atoms with E-state index < -0.39 is 24.2 Å². The second-order valence-electron chi connectivity index (χ2n) is 3.05. The van der Waals surface area contributed by atoms with Gasteiger partial charge >= 0.3 is 5.97 Å². The molecule has 82 valence electrons. The van der Waals surface area contributed by atoms with Gasteiger partial charge in [0.2, 0.25) is 0 Å². The van der Waals surface area contributed by atoms with Crippen molar-refractivity contribution in [3.05, 3.63) is 12.7 Å². The van der Waals surface area contributed by atoms with E-state index in [1.54, 1.807) is 0 Å². The molecule has 0 rings (SSSR count). The molecule has 0 radical (unpaired) electrons. The molecule has 0 saturated carbocycles. The van der Waals surface area contributed by atoms with E-state index in [9.17, 15) is 15.0 Å². The summed E-state index contributed by atoms with van der Waals surface area (Å²) in [4.78, 5) is 10.7. The third kappa shape index (κ3) is 4.96. The van der Waals surface area contributed by atoms with Gasteiger partial charge in [0.1, 0.15) is 0 Å². The Morgan fingerprint density at radius 1 is 1.64 bits per heavy atom. The molecule has 5 nitrogen and oxygen atoms in total. The average molecular weight is 203 g/mol. The van der Waals surface area contributed by atoms with Crippen molar-refractivity contribution >= 4 is 5.97 Å². The molecule has 0 aromatic heterocycles. The van der Waals surface area contributed by atoms with Crippen molar-refractivity contribution in [2.45, 2.75) is 31.1 Å². The van der Waals surface area contributed by atoms with E-state index in [-0.39, 0.29) is 12.8 Å². The van der Waals surface area contributed by atoms with Gasteiger partial charge in [-0.05, 0) is 0 Å². The summed E-state index contributed by atoms with van der Waals surface area (Å²) >= 11 is 0. The molecule has 0 aliphatic carbocycles. The van der Waals surface area contributed by atoms with Gasteiger partial charge in [0, 0.05) is 12.5 Å². The monoisotopic (exact) mass is 203 g/mol. The van der Waals surface area contributed by atoms with Crippen molar-refractivity contribution in [1.82, 2.24) is 0 Å². The summed E-state index contributed by atoms with van der Waals surface area (Å²) in [7, 11) is 1.24. The van der Waals surface area contributed by atoms with E-state index in [1.165, 1.54) is 13.2 Å². The molecule has 4 N–H and O–H groups in total. The second kappa shape index (κ2) is 6.53. The summed E-state index contributed by atoms with van der Waals surface area (Å²) in [5.74, 6) is -0.517. The fourth-order valence-corrected chi connectivity index (χ4v) is 0.952. The summed E-state index contributed by atoms with van der Waals surface area (Å²) in [5, 5.41) is 18.7. The number of esters is 1. The van der Waals surface area contributed by atoms with Gasteiger partial charge < -0.3 is 20.7 Å². The number of ether oxygens (including phenoxy) is 1. The van der Waals surface area contributed by atoms with Crippen LogP contribution in [0.5, 0.6) is 0 Å². The number of rotatable bonds is 6. The lowest BCUT2D eigenvalue weighted by Crippen LogP contribution is -2.35. The van der Waals surface area contributed by atoms with Crippen LogP contribution in [0.4, 0.5) is 0 Å². The Balaban J connectivity index is 3.87. The summed E-state index contributed by atoms with van der Waals surface area (Å²) in [6.07, 6.45) is -0.564. The molecule has 14 heavy (non-hydrogen) atoms. The Morgan fingerprint density at radius 3 is 2.64 bits per heavy atom. The van der Waals surface area contributed by atoms with Crippen LogP contribution >= 0.6 is 0 Å². The minimum atomic E-state index is -0.941. The van der Waals surface area contributed by atoms with Gasteiger partial charge in [-0.1, -0.05) is 6.08 Å². The SMILES string of the molecule is C=C[C@H](N)[C@@H](O)C[C@H](O)CC(=O)OC. The van der Waals surface area contributed by atoms with E-state index in [0.717, 1.165) is 0 Å². The fourth-order valence-electron chi connectivity index (χ4n) is 0.952. The van der Waals surface area contributed by atoms with E-state index in [2.05, 4.69) is 11.3 Å². The highest BCUT2D eigenvalue weighted by Gasteiger charge is 2.18. The summed E-state index contributed by atoms with van der Waals surface area (Å²) in [6, 6.07) is -0.595. The van der Waals surface area contributed by atoms with Crippen molar-refractivity contribution in [3.8, 4) is 0 Å². The highest BCUT2D eigenvalue weighted by atomic mass is 16.5. The Kier molecular flexibility index (Phi) is 6.11. The van der Waals surface area contributed by atoms with Crippen molar-refractivity contribution < 1.29 is 19.7 Å². The number of carbonyl (C=O) groups excluding carboxylic acids is 1. The predicted octanol–water partition coefficient (Wildman–Crippen LogP) is -0.825. The lowest BCUT2D eigenvalue weighted by atomic mass is 10.0. The van der Waals surface area contributed by atoms with Crippen LogP contribution in [0.2, 0.25) is 0 Å². The number of methoxy groups -OCH3 is 1. The van der Waals surface area contributed by atoms with Crippen LogP contribution in [-0.4, -0.2) is 41.5 Å². The fraction of sp³-hybridized carbons (Fsp3) is 0.667. The topological polar surface area (TPSA) is 92.8 Å². The maximum absolute atomic E-state index is 10.7. The molecular weight excluding hydrogens is 186 g/mol. The number of nitrogens with two attached hydrogens (primary N) is 1. The van der Waals surface area contributed by atoms with Crippen LogP contribution in [0, 0.1) is 0 Å². The van der Waals surface area contributed by atoms with E-state index in [1.807, 2.05) is 0 Å². The van der Waals surface area contributed by atoms with Crippen molar-refractivity contribution in [3.63, 3.8) is 0 Å². The van der Waals surface area contributed by atoms with Crippen molar-refractivity contribution in [2.75, 3.05) is 7.11 Å². The van der Waals surface area contributed by atoms with E-state index in [0.29, 0.717) is 0 Å². The molecule has 0 aliphatic heterocycles. The molecule has 3 atom stereocenters. The Labute approximate surface area is 83.2 Å².